The van der Waals surface area contributed by atoms with Crippen molar-refractivity contribution in [2.24, 2.45) is 27.1 Å². The first kappa shape index (κ1) is 126. The second kappa shape index (κ2) is 61.2. The van der Waals surface area contributed by atoms with E-state index >= 15 is 0 Å². The fourth-order valence-electron chi connectivity index (χ4n) is 17.7. The van der Waals surface area contributed by atoms with Crippen LogP contribution in [0.4, 0.5) is 0 Å². The van der Waals surface area contributed by atoms with Gasteiger partial charge in [-0.2, -0.15) is 0 Å². The van der Waals surface area contributed by atoms with Crippen molar-refractivity contribution >= 4 is 148 Å². The van der Waals surface area contributed by atoms with Crippen molar-refractivity contribution in [1.29, 1.82) is 0 Å². The fraction of sp³-hybridized carbons (Fsp3) is 0.750. The van der Waals surface area contributed by atoms with Crippen LogP contribution in [0.5, 0.6) is 0 Å². The zero-order chi connectivity index (χ0) is 112. The minimum atomic E-state index is -0.771. The van der Waals surface area contributed by atoms with Gasteiger partial charge in [0.25, 0.3) is 59.1 Å². The minimum absolute atomic E-state index is 0.0177. The highest BCUT2D eigenvalue weighted by Gasteiger charge is 2.43. The van der Waals surface area contributed by atoms with Crippen LogP contribution in [0.25, 0.3) is 0 Å². The molecule has 0 saturated carbocycles. The SMILES string of the molecule is C[13C](C)(C)[13CH2]N1CCC[13CH]1C(=O)[15NH][13CH2][13CH2][13C](=O)[15NH]CC[13C](=O)ON1C(=O)CCC1=O.C[13C](C)(C)[13CH2][15N]1CCC[13CH]1C(=O)N[13CH2][13CH2][13C](=O)[15NH]CC[13C](=O)ON1C(=O)CCC1=O.[13CH3]C([13CH3])([13CH3])[13CH2]N1CCCC1C(=O)[15NH][13CH2][13CH2][13C](=O)[15NH]CCC(=O)ON1C(=O)CCC1=O.[13CH3]C([13CH3])([13CH3])[13CH2][15N]1CCCC1C(=O)NC[13CH2][13C](=O)[15NH]CC[13C](=O)ON1C(=O)CCC1=O.[13CH3][13C]([13CH3])([13CH3])[13CH2]N1CCCC1C(=O)[15NH]CC[13C](=O)[15NH]CC[13C](=O)ON1C(=O)CCC1=O. The molecule has 840 valence electrons. The molecule has 150 heavy (non-hydrogen) atoms. The zero-order valence-electron chi connectivity index (χ0n) is 90.0. The van der Waals surface area contributed by atoms with E-state index in [1.54, 1.807) is 0 Å². The number of nitrogens with one attached hydrogen (secondary N) is 10. The Kier molecular flexibility index (Phi) is 51.5. The Morgan fingerprint density at radius 1 is 0.207 bits per heavy atom. The largest absolute Gasteiger partial charge is 0.355 e. The number of amides is 20. The third-order valence-corrected chi connectivity index (χ3v) is 24.2. The summed E-state index contributed by atoms with van der Waals surface area (Å²) >= 11 is 0. The second-order valence-corrected chi connectivity index (χ2v) is 44.4. The topological polar surface area (TPSA) is 626 Å². The molecule has 50 heteroatoms. The Bertz CT molecular complexity index is 4030. The Morgan fingerprint density at radius 3 is 0.460 bits per heavy atom. The Labute approximate surface area is 875 Å². The van der Waals surface area contributed by atoms with Crippen molar-refractivity contribution in [2.45, 2.75) is 327 Å². The number of carbonyl (C=O) groups excluding carboxylic acids is 25. The summed E-state index contributed by atoms with van der Waals surface area (Å²) in [6.45, 7) is 42.0. The molecule has 0 radical (unpaired) electrons. The summed E-state index contributed by atoms with van der Waals surface area (Å²) in [4.78, 5) is 328. The minimum Gasteiger partial charge on any atom is -0.355 e. The smallest absolute Gasteiger partial charge is 0.334 e. The van der Waals surface area contributed by atoms with Gasteiger partial charge in [0.15, 0.2) is 0 Å². The number of hydroxylamine groups is 10. The molecule has 5 atom stereocenters. The van der Waals surface area contributed by atoms with E-state index in [2.05, 4.69) is 182 Å². The monoisotopic (exact) mass is 2170 g/mol. The Hall–Kier alpha value is -12.4. The number of carbonyl (C=O) groups is 25. The van der Waals surface area contributed by atoms with Gasteiger partial charge in [0, 0.05) is 194 Å². The first-order valence-corrected chi connectivity index (χ1v) is 52.1. The molecule has 0 spiro atoms. The highest BCUT2D eigenvalue weighted by molar-refractivity contribution is 6.05. The van der Waals surface area contributed by atoms with E-state index in [1.165, 1.54) is 0 Å². The average molecular weight is 2170 g/mol. The third kappa shape index (κ3) is 47.4. The first-order valence-electron chi connectivity index (χ1n) is 52.1. The standard InChI is InChI=1S/5C20H32N4O6/c5*1-20(2,3)13-23-12-4-5-14(23)19(29)22-10-8-15(25)21-11-9-18(28)30-24-16(26)6-7-17(24)27/h5*14H,4-13H2,1-3H3,(H,21,25)(H,22,29)/i8+1,10+1,13+1,14+1,15+1,18+1,20+1,21+1,23+1;8+1,10+1,13+1,14+1,15+1,18+1,20+1,21+1,22+1;1+1,2+1,3+1,13+1,15+1,18+1,20+1,21+1,22+1;1+1,2+1,3+1,8+1,13+1,15+1,18+1,21+1,23+1;1+1,2+1,3+1,8+1,10+1,13+1,15+1,21+1,22+1. The van der Waals surface area contributed by atoms with Crippen molar-refractivity contribution in [3.05, 3.63) is 0 Å². The van der Waals surface area contributed by atoms with Crippen LogP contribution in [-0.2, 0) is 144 Å². The fourth-order valence-corrected chi connectivity index (χ4v) is 17.7. The molecule has 0 bridgehead atoms. The second-order valence-electron chi connectivity index (χ2n) is 44.4. The molecule has 10 fully saturated rings. The number of rotatable bonds is 45. The van der Waals surface area contributed by atoms with E-state index < -0.39 is 88.9 Å². The van der Waals surface area contributed by atoms with Crippen LogP contribution < -0.4 is 53.2 Å². The van der Waals surface area contributed by atoms with Gasteiger partial charge in [0.2, 0.25) is 59.1 Å². The van der Waals surface area contributed by atoms with Gasteiger partial charge >= 0.3 is 29.8 Å². The molecular formula is C100H160N20O30. The molecule has 5 unspecified atom stereocenters. The number of nitrogens with zero attached hydrogens (tertiary/aromatic N) is 10. The highest BCUT2D eigenvalue weighted by atomic mass is 16.8. The normalized spacial score (nSPS) is 19.8. The Morgan fingerprint density at radius 2 is 0.333 bits per heavy atom. The Balaban J connectivity index is 0.000000286. The van der Waals surface area contributed by atoms with Gasteiger partial charge in [-0.3, -0.25) is 120 Å². The van der Waals surface area contributed by atoms with Crippen LogP contribution in [-0.4, -0.2) is 359 Å². The van der Waals surface area contributed by atoms with Crippen molar-refractivity contribution in [3.63, 3.8) is 0 Å². The van der Waals surface area contributed by atoms with Crippen LogP contribution in [0, 0.1) is 27.1 Å². The van der Waals surface area contributed by atoms with E-state index in [1.807, 2.05) is 0 Å². The summed E-state index contributed by atoms with van der Waals surface area (Å²) in [6, 6.07) is -0.773. The van der Waals surface area contributed by atoms with Crippen LogP contribution in [0.2, 0.25) is 0 Å². The number of hydrogen-bond acceptors (Lipinski definition) is 35. The van der Waals surface area contributed by atoms with E-state index in [9.17, 15) is 120 Å². The van der Waals surface area contributed by atoms with Crippen molar-refractivity contribution in [1.82, 2.24) is 103 Å². The number of imide groups is 5. The van der Waals surface area contributed by atoms with Crippen molar-refractivity contribution < 1.29 is 144 Å². The maximum atomic E-state index is 12.4. The van der Waals surface area contributed by atoms with Crippen LogP contribution in [0.3, 0.4) is 0 Å². The van der Waals surface area contributed by atoms with Gasteiger partial charge in [-0.1, -0.05) is 104 Å². The molecule has 10 N–H and O–H groups in total. The van der Waals surface area contributed by atoms with Crippen LogP contribution in [0.15, 0.2) is 0 Å². The summed E-state index contributed by atoms with van der Waals surface area (Å²) in [6.07, 6.45) is 8.95. The summed E-state index contributed by atoms with van der Waals surface area (Å²) in [5.74, 6) is -11.2. The molecule has 10 saturated heterocycles. The summed E-state index contributed by atoms with van der Waals surface area (Å²) in [7, 11) is 0. The van der Waals surface area contributed by atoms with E-state index in [4.69, 9.17) is 24.2 Å². The van der Waals surface area contributed by atoms with E-state index in [0.29, 0.717) is 25.3 Å². The molecule has 10 aliphatic heterocycles. The molecule has 0 aromatic rings. The third-order valence-electron chi connectivity index (χ3n) is 24.2. The van der Waals surface area contributed by atoms with Gasteiger partial charge in [-0.25, -0.2) is 24.0 Å². The average Bonchev–Trinajstić information content (AvgIpc) is 1.70. The van der Waals surface area contributed by atoms with Gasteiger partial charge in [-0.05, 0) is 124 Å². The van der Waals surface area contributed by atoms with Gasteiger partial charge in [0.05, 0.1) is 62.3 Å². The van der Waals surface area contributed by atoms with E-state index in [-0.39, 0.29) is 310 Å². The van der Waals surface area contributed by atoms with E-state index in [0.717, 1.165) is 130 Å². The maximum Gasteiger partial charge on any atom is 0.334 e. The summed E-state index contributed by atoms with van der Waals surface area (Å²) < 4.78 is 0. The van der Waals surface area contributed by atoms with Crippen molar-refractivity contribution in [3.8, 4) is 0 Å². The zero-order valence-corrected chi connectivity index (χ0v) is 90.0. The highest BCUT2D eigenvalue weighted by Crippen LogP contribution is 2.31. The molecule has 20 amide bonds. The number of hydrogen-bond donors (Lipinski definition) is 10. The van der Waals surface area contributed by atoms with Gasteiger partial charge in [-0.15, -0.1) is 25.3 Å². The predicted octanol–water partition coefficient (Wildman–Crippen LogP) is 0.584. The summed E-state index contributed by atoms with van der Waals surface area (Å²) in [5.41, 5.74) is 0.552. The maximum absolute atomic E-state index is 12.4. The molecule has 10 rings (SSSR count). The molecule has 0 aromatic heterocycles. The molecule has 50 nitrogen and oxygen atoms in total. The number of likely N-dealkylation sites (tertiary alicyclic amines) is 5. The van der Waals surface area contributed by atoms with Crippen LogP contribution >= 0.6 is 0 Å². The quantitative estimate of drug-likeness (QED) is 0.0226. The lowest BCUT2D eigenvalue weighted by Crippen LogP contribution is -2.46. The molecule has 10 heterocycles. The lowest BCUT2D eigenvalue weighted by molar-refractivity contribution is -0.197. The molecule has 0 aliphatic carbocycles. The van der Waals surface area contributed by atoms with Gasteiger partial charge < -0.3 is 77.4 Å². The van der Waals surface area contributed by atoms with Gasteiger partial charge in [0.1, 0.15) is 0 Å². The predicted molar refractivity (Wildman–Crippen MR) is 532 cm³/mol. The van der Waals surface area contributed by atoms with Crippen molar-refractivity contribution in [2.75, 3.05) is 131 Å². The molecule has 0 aromatic carbocycles. The lowest BCUT2D eigenvalue weighted by atomic mass is 10.2. The molecular weight excluding hydrogens is 2010 g/mol. The summed E-state index contributed by atoms with van der Waals surface area (Å²) in [5, 5.41) is 29.2. The van der Waals surface area contributed by atoms with Crippen LogP contribution in [0.1, 0.15) is 296 Å². The molecule has 10 aliphatic rings. The first-order chi connectivity index (χ1) is 70.3. The lowest BCUT2D eigenvalue weighted by Gasteiger charge is -2.30.